The van der Waals surface area contributed by atoms with Crippen molar-refractivity contribution >= 4 is 44.6 Å². The maximum atomic E-state index is 13.7. The zero-order chi connectivity index (χ0) is 22.4. The van der Waals surface area contributed by atoms with Crippen LogP contribution in [-0.2, 0) is 20.9 Å². The van der Waals surface area contributed by atoms with Crippen LogP contribution >= 0.6 is 15.9 Å². The Kier molecular flexibility index (Phi) is 7.24. The van der Waals surface area contributed by atoms with E-state index in [-0.39, 0.29) is 24.5 Å². The van der Waals surface area contributed by atoms with E-state index in [4.69, 9.17) is 18.6 Å². The van der Waals surface area contributed by atoms with Crippen LogP contribution in [0.25, 0.3) is 11.0 Å². The van der Waals surface area contributed by atoms with Gasteiger partial charge in [0.15, 0.2) is 18.2 Å². The minimum absolute atomic E-state index is 0.0902. The first kappa shape index (κ1) is 22.3. The van der Waals surface area contributed by atoms with Crippen molar-refractivity contribution in [3.05, 3.63) is 68.7 Å². The second-order valence-corrected chi connectivity index (χ2v) is 7.09. The monoisotopic (exact) mass is 493 g/mol. The molecule has 1 aromatic heterocycles. The molecule has 31 heavy (non-hydrogen) atoms. The van der Waals surface area contributed by atoms with Crippen molar-refractivity contribution < 1.29 is 32.6 Å². The largest absolute Gasteiger partial charge is 0.479 e. The third-order valence-electron chi connectivity index (χ3n) is 3.98. The van der Waals surface area contributed by atoms with Gasteiger partial charge in [0.05, 0.1) is 6.61 Å². The number of rotatable bonds is 7. The maximum absolute atomic E-state index is 13.7. The van der Waals surface area contributed by atoms with Gasteiger partial charge >= 0.3 is 17.7 Å². The molecule has 1 heterocycles. The number of hydrogen-bond donors (Lipinski definition) is 1. The number of hydrogen-bond acceptors (Lipinski definition) is 7. The Balaban J connectivity index is 1.67. The highest BCUT2D eigenvalue weighted by molar-refractivity contribution is 9.10. The molecule has 1 N–H and O–H groups in total. The van der Waals surface area contributed by atoms with Crippen molar-refractivity contribution in [2.75, 3.05) is 18.5 Å². The first-order valence-corrected chi connectivity index (χ1v) is 9.89. The quantitative estimate of drug-likeness (QED) is 0.384. The smallest absolute Gasteiger partial charge is 0.411 e. The number of esters is 1. The van der Waals surface area contributed by atoms with Crippen LogP contribution in [0, 0.1) is 5.82 Å². The van der Waals surface area contributed by atoms with Crippen LogP contribution < -0.4 is 15.7 Å². The minimum atomic E-state index is -0.746. The summed E-state index contributed by atoms with van der Waals surface area (Å²) >= 11 is 3.13. The summed E-state index contributed by atoms with van der Waals surface area (Å²) in [6.45, 7) is 1.15. The molecular formula is C21H17BrFNO7. The normalized spacial score (nSPS) is 10.5. The average Bonchev–Trinajstić information content (AvgIpc) is 2.71. The molecule has 3 aromatic rings. The third kappa shape index (κ3) is 6.05. The molecule has 162 valence electrons. The summed E-state index contributed by atoms with van der Waals surface area (Å²) in [5, 5.41) is 3.02. The van der Waals surface area contributed by atoms with Crippen LogP contribution in [0.2, 0.25) is 0 Å². The van der Waals surface area contributed by atoms with E-state index in [1.807, 2.05) is 0 Å². The van der Waals surface area contributed by atoms with Crippen LogP contribution in [0.3, 0.4) is 0 Å². The fraction of sp³-hybridized carbons (Fsp3) is 0.190. The lowest BCUT2D eigenvalue weighted by Gasteiger charge is -2.10. The Morgan fingerprint density at radius 2 is 1.94 bits per heavy atom. The maximum Gasteiger partial charge on any atom is 0.411 e. The van der Waals surface area contributed by atoms with Crippen molar-refractivity contribution in [2.45, 2.75) is 13.5 Å². The topological polar surface area (TPSA) is 104 Å². The van der Waals surface area contributed by atoms with Gasteiger partial charge in [-0.1, -0.05) is 15.9 Å². The van der Waals surface area contributed by atoms with Gasteiger partial charge in [0.25, 0.3) is 0 Å². The second kappa shape index (κ2) is 10.1. The standard InChI is InChI=1S/C21H17BrFNO7/c1-2-28-21(27)24-14-4-5-15-12(7-19(25)31-18(15)9-14)10-30-20(26)11-29-17-6-3-13(22)8-16(17)23/h3-9H,2,10-11H2,1H3,(H,24,27). The van der Waals surface area contributed by atoms with Crippen LogP contribution in [0.4, 0.5) is 14.9 Å². The van der Waals surface area contributed by atoms with Crippen LogP contribution in [-0.4, -0.2) is 25.3 Å². The molecule has 0 bridgehead atoms. The van der Waals surface area contributed by atoms with Crippen molar-refractivity contribution in [3.8, 4) is 5.75 Å². The zero-order valence-electron chi connectivity index (χ0n) is 16.3. The van der Waals surface area contributed by atoms with Gasteiger partial charge in [-0.15, -0.1) is 0 Å². The van der Waals surface area contributed by atoms with Crippen molar-refractivity contribution in [1.29, 1.82) is 0 Å². The lowest BCUT2D eigenvalue weighted by atomic mass is 10.1. The summed E-state index contributed by atoms with van der Waals surface area (Å²) < 4.78 is 34.5. The fourth-order valence-corrected chi connectivity index (χ4v) is 2.97. The molecule has 0 aliphatic heterocycles. The lowest BCUT2D eigenvalue weighted by molar-refractivity contribution is -0.147. The summed E-state index contributed by atoms with van der Waals surface area (Å²) in [6, 6.07) is 10.0. The number of amides is 1. The molecule has 0 aliphatic carbocycles. The molecular weight excluding hydrogens is 477 g/mol. The Bertz CT molecular complexity index is 1180. The Morgan fingerprint density at radius 1 is 1.13 bits per heavy atom. The van der Waals surface area contributed by atoms with Crippen molar-refractivity contribution in [3.63, 3.8) is 0 Å². The van der Waals surface area contributed by atoms with E-state index in [0.29, 0.717) is 21.1 Å². The predicted octanol–water partition coefficient (Wildman–Crippen LogP) is 4.39. The molecule has 0 saturated carbocycles. The number of nitrogens with one attached hydrogen (secondary N) is 1. The van der Waals surface area contributed by atoms with Gasteiger partial charge in [-0.3, -0.25) is 5.32 Å². The number of anilines is 1. The number of carbonyl (C=O) groups is 2. The fourth-order valence-electron chi connectivity index (χ4n) is 2.64. The van der Waals surface area contributed by atoms with Gasteiger partial charge in [0, 0.05) is 33.2 Å². The van der Waals surface area contributed by atoms with Gasteiger partial charge in [-0.05, 0) is 37.3 Å². The Hall–Kier alpha value is -3.40. The lowest BCUT2D eigenvalue weighted by Crippen LogP contribution is -2.16. The zero-order valence-corrected chi connectivity index (χ0v) is 17.9. The first-order valence-electron chi connectivity index (χ1n) is 9.09. The molecule has 3 rings (SSSR count). The molecule has 0 unspecified atom stereocenters. The van der Waals surface area contributed by atoms with Crippen molar-refractivity contribution in [1.82, 2.24) is 0 Å². The number of ether oxygens (including phenoxy) is 3. The van der Waals surface area contributed by atoms with Gasteiger partial charge < -0.3 is 18.6 Å². The molecule has 0 spiro atoms. The van der Waals surface area contributed by atoms with E-state index >= 15 is 0 Å². The van der Waals surface area contributed by atoms with Gasteiger partial charge in [0.2, 0.25) is 0 Å². The molecule has 0 atom stereocenters. The van der Waals surface area contributed by atoms with Gasteiger partial charge in [0.1, 0.15) is 12.2 Å². The molecule has 10 heteroatoms. The second-order valence-electron chi connectivity index (χ2n) is 6.17. The molecule has 0 fully saturated rings. The Morgan fingerprint density at radius 3 is 2.68 bits per heavy atom. The molecule has 0 aliphatic rings. The minimum Gasteiger partial charge on any atom is -0.479 e. The highest BCUT2D eigenvalue weighted by Crippen LogP contribution is 2.23. The highest BCUT2D eigenvalue weighted by atomic mass is 79.9. The number of fused-ring (bicyclic) bond motifs is 1. The van der Waals surface area contributed by atoms with E-state index in [2.05, 4.69) is 21.2 Å². The summed E-state index contributed by atoms with van der Waals surface area (Å²) in [5.41, 5.74) is 0.311. The summed E-state index contributed by atoms with van der Waals surface area (Å²) in [4.78, 5) is 35.4. The molecule has 8 nitrogen and oxygen atoms in total. The molecule has 1 amide bonds. The molecule has 0 saturated heterocycles. The van der Waals surface area contributed by atoms with Crippen LogP contribution in [0.5, 0.6) is 5.75 Å². The van der Waals surface area contributed by atoms with Gasteiger partial charge in [-0.2, -0.15) is 0 Å². The number of benzene rings is 2. The SMILES string of the molecule is CCOC(=O)Nc1ccc2c(COC(=O)COc3ccc(Br)cc3F)cc(=O)oc2c1. The van der Waals surface area contributed by atoms with E-state index < -0.39 is 30.1 Å². The van der Waals surface area contributed by atoms with Crippen LogP contribution in [0.15, 0.2) is 56.1 Å². The summed E-state index contributed by atoms with van der Waals surface area (Å²) in [5.74, 6) is -1.46. The van der Waals surface area contributed by atoms with E-state index in [0.717, 1.165) is 0 Å². The molecule has 0 radical (unpaired) electrons. The molecule has 2 aromatic carbocycles. The predicted molar refractivity (Wildman–Crippen MR) is 113 cm³/mol. The number of halogens is 2. The number of carbonyl (C=O) groups excluding carboxylic acids is 2. The summed E-state index contributed by atoms with van der Waals surface area (Å²) in [6.07, 6.45) is -0.642. The Labute approximate surface area is 184 Å². The average molecular weight is 494 g/mol. The van der Waals surface area contributed by atoms with Crippen LogP contribution in [0.1, 0.15) is 12.5 Å². The van der Waals surface area contributed by atoms with E-state index in [1.165, 1.54) is 24.3 Å². The highest BCUT2D eigenvalue weighted by Gasteiger charge is 2.12. The van der Waals surface area contributed by atoms with E-state index in [9.17, 15) is 18.8 Å². The third-order valence-corrected chi connectivity index (χ3v) is 4.47. The van der Waals surface area contributed by atoms with Gasteiger partial charge in [-0.25, -0.2) is 18.8 Å². The van der Waals surface area contributed by atoms with Crippen molar-refractivity contribution in [2.24, 2.45) is 0 Å². The first-order chi connectivity index (χ1) is 14.9. The van der Waals surface area contributed by atoms with E-state index in [1.54, 1.807) is 25.1 Å². The summed E-state index contributed by atoms with van der Waals surface area (Å²) in [7, 11) is 0.